The topological polar surface area (TPSA) is 93.2 Å². The molecular formula is C31H44N2O6S. The number of ketones is 1. The monoisotopic (exact) mass is 572 g/mol. The Balaban J connectivity index is 2.26. The van der Waals surface area contributed by atoms with Crippen molar-refractivity contribution in [1.82, 2.24) is 9.21 Å². The van der Waals surface area contributed by atoms with Crippen LogP contribution in [0.4, 0.5) is 0 Å². The maximum absolute atomic E-state index is 14.2. The lowest BCUT2D eigenvalue weighted by Gasteiger charge is -2.33. The molecule has 0 amide bonds. The van der Waals surface area contributed by atoms with Crippen molar-refractivity contribution in [3.63, 3.8) is 0 Å². The number of carbonyl (C=O) groups excluding carboxylic acids is 2. The molecule has 2 aromatic carbocycles. The fraction of sp³-hybridized carbons (Fsp3) is 0.548. The molecule has 40 heavy (non-hydrogen) atoms. The number of nitrogens with zero attached hydrogens (tertiary/aromatic N) is 2. The maximum atomic E-state index is 14.2. The van der Waals surface area contributed by atoms with Gasteiger partial charge in [-0.05, 0) is 25.2 Å². The van der Waals surface area contributed by atoms with E-state index in [4.69, 9.17) is 9.47 Å². The standard InChI is InChI=1S/C31H44N2O6S/c1-8-11-18-33(19-12-9-2)25(10-3)38-23-20-24-27(29(31(35)39-24)32(6)40(7,36)37)28(26(23)21(4)5)30(34)22-16-14-13-15-17-22/h13-17,20-21,25,29H,8-12,18-19H2,1-7H3. The van der Waals surface area contributed by atoms with Gasteiger partial charge in [-0.15, -0.1) is 0 Å². The van der Waals surface area contributed by atoms with Gasteiger partial charge in [0, 0.05) is 48.5 Å². The zero-order valence-electron chi connectivity index (χ0n) is 24.9. The van der Waals surface area contributed by atoms with Gasteiger partial charge in [0.05, 0.1) is 6.26 Å². The Bertz CT molecular complexity index is 1280. The third-order valence-electron chi connectivity index (χ3n) is 7.38. The largest absolute Gasteiger partial charge is 0.475 e. The van der Waals surface area contributed by atoms with Gasteiger partial charge in [-0.1, -0.05) is 77.8 Å². The minimum atomic E-state index is -3.78. The quantitative estimate of drug-likeness (QED) is 0.113. The van der Waals surface area contributed by atoms with Gasteiger partial charge in [-0.3, -0.25) is 9.69 Å². The van der Waals surface area contributed by atoms with Crippen LogP contribution < -0.4 is 9.47 Å². The van der Waals surface area contributed by atoms with Crippen molar-refractivity contribution in [1.29, 1.82) is 0 Å². The Morgan fingerprint density at radius 2 is 1.65 bits per heavy atom. The van der Waals surface area contributed by atoms with Crippen LogP contribution in [-0.4, -0.2) is 62.0 Å². The van der Waals surface area contributed by atoms with Crippen molar-refractivity contribution in [3.8, 4) is 11.5 Å². The maximum Gasteiger partial charge on any atom is 0.334 e. The lowest BCUT2D eigenvalue weighted by molar-refractivity contribution is -0.136. The van der Waals surface area contributed by atoms with E-state index >= 15 is 0 Å². The number of sulfonamides is 1. The number of carbonyl (C=O) groups is 2. The number of benzene rings is 2. The molecule has 0 aromatic heterocycles. The van der Waals surface area contributed by atoms with Gasteiger partial charge in [0.2, 0.25) is 10.0 Å². The lowest BCUT2D eigenvalue weighted by Crippen LogP contribution is -2.40. The SMILES string of the molecule is CCCCN(CCCC)C(CC)Oc1cc2c(c(C(=O)c3ccccc3)c1C(C)C)C(N(C)S(C)(=O)=O)C(=O)O2. The normalized spacial score (nSPS) is 15.9. The first-order valence-corrected chi connectivity index (χ1v) is 16.2. The molecule has 0 saturated heterocycles. The summed E-state index contributed by atoms with van der Waals surface area (Å²) < 4.78 is 38.4. The van der Waals surface area contributed by atoms with Crippen LogP contribution in [0.3, 0.4) is 0 Å². The minimum Gasteiger partial charge on any atom is -0.475 e. The van der Waals surface area contributed by atoms with Crippen molar-refractivity contribution in [2.75, 3.05) is 26.4 Å². The van der Waals surface area contributed by atoms with Crippen LogP contribution in [0.15, 0.2) is 36.4 Å². The van der Waals surface area contributed by atoms with Crippen LogP contribution in [0.1, 0.15) is 106 Å². The van der Waals surface area contributed by atoms with Crippen LogP contribution in [0.25, 0.3) is 0 Å². The molecule has 2 atom stereocenters. The summed E-state index contributed by atoms with van der Waals surface area (Å²) in [6, 6.07) is 9.20. The summed E-state index contributed by atoms with van der Waals surface area (Å²) in [4.78, 5) is 29.7. The van der Waals surface area contributed by atoms with Crippen molar-refractivity contribution in [2.45, 2.75) is 84.9 Å². The van der Waals surface area contributed by atoms with Gasteiger partial charge in [-0.25, -0.2) is 13.2 Å². The van der Waals surface area contributed by atoms with E-state index in [0.717, 1.165) is 55.8 Å². The highest BCUT2D eigenvalue weighted by molar-refractivity contribution is 7.88. The zero-order chi connectivity index (χ0) is 29.6. The summed E-state index contributed by atoms with van der Waals surface area (Å²) in [6.45, 7) is 12.1. The molecule has 0 fully saturated rings. The average Bonchev–Trinajstić information content (AvgIpc) is 3.25. The number of ether oxygens (including phenoxy) is 2. The van der Waals surface area contributed by atoms with Crippen LogP contribution in [-0.2, 0) is 14.8 Å². The van der Waals surface area contributed by atoms with Crippen molar-refractivity contribution >= 4 is 21.8 Å². The van der Waals surface area contributed by atoms with Gasteiger partial charge in [-0.2, -0.15) is 4.31 Å². The molecule has 2 unspecified atom stereocenters. The second kappa shape index (κ2) is 13.7. The summed E-state index contributed by atoms with van der Waals surface area (Å²) in [5.74, 6) is -0.573. The first kappa shape index (κ1) is 31.8. The van der Waals surface area contributed by atoms with Crippen LogP contribution in [0, 0.1) is 0 Å². The predicted octanol–water partition coefficient (Wildman–Crippen LogP) is 5.91. The van der Waals surface area contributed by atoms with Gasteiger partial charge >= 0.3 is 5.97 Å². The smallest absolute Gasteiger partial charge is 0.334 e. The molecule has 0 N–H and O–H groups in total. The summed E-state index contributed by atoms with van der Waals surface area (Å²) in [5, 5.41) is 0. The number of unbranched alkanes of at least 4 members (excludes halogenated alkanes) is 2. The Morgan fingerprint density at radius 3 is 2.15 bits per heavy atom. The number of rotatable bonds is 15. The van der Waals surface area contributed by atoms with Gasteiger partial charge in [0.15, 0.2) is 18.1 Å². The van der Waals surface area contributed by atoms with E-state index in [0.29, 0.717) is 16.9 Å². The Kier molecular flexibility index (Phi) is 10.9. The number of esters is 1. The van der Waals surface area contributed by atoms with E-state index < -0.39 is 22.0 Å². The third-order valence-corrected chi connectivity index (χ3v) is 8.64. The highest BCUT2D eigenvalue weighted by Crippen LogP contribution is 2.47. The number of likely N-dealkylation sites (N-methyl/N-ethyl adjacent to an activating group) is 1. The van der Waals surface area contributed by atoms with E-state index in [1.807, 2.05) is 19.9 Å². The van der Waals surface area contributed by atoms with Crippen molar-refractivity contribution in [2.24, 2.45) is 0 Å². The third kappa shape index (κ3) is 6.93. The van der Waals surface area contributed by atoms with Gasteiger partial charge in [0.25, 0.3) is 0 Å². The summed E-state index contributed by atoms with van der Waals surface area (Å²) in [5.41, 5.74) is 1.61. The van der Waals surface area contributed by atoms with E-state index in [9.17, 15) is 18.0 Å². The van der Waals surface area contributed by atoms with E-state index in [1.165, 1.54) is 7.05 Å². The molecule has 1 aliphatic rings. The molecule has 2 aromatic rings. The second-order valence-electron chi connectivity index (χ2n) is 10.8. The fourth-order valence-corrected chi connectivity index (χ4v) is 5.73. The van der Waals surface area contributed by atoms with Crippen molar-refractivity contribution < 1.29 is 27.5 Å². The Labute approximate surface area is 239 Å². The molecule has 9 heteroatoms. The summed E-state index contributed by atoms with van der Waals surface area (Å²) in [7, 11) is -2.45. The van der Waals surface area contributed by atoms with E-state index in [-0.39, 0.29) is 34.8 Å². The zero-order valence-corrected chi connectivity index (χ0v) is 25.7. The fourth-order valence-electron chi connectivity index (χ4n) is 5.16. The Hall–Kier alpha value is -2.75. The second-order valence-corrected chi connectivity index (χ2v) is 12.8. The number of fused-ring (bicyclic) bond motifs is 1. The van der Waals surface area contributed by atoms with E-state index in [1.54, 1.807) is 30.3 Å². The van der Waals surface area contributed by atoms with E-state index in [2.05, 4.69) is 25.7 Å². The molecule has 0 aliphatic carbocycles. The molecule has 0 bridgehead atoms. The van der Waals surface area contributed by atoms with Crippen LogP contribution in [0.2, 0.25) is 0 Å². The minimum absolute atomic E-state index is 0.160. The molecule has 220 valence electrons. The molecule has 1 heterocycles. The average molecular weight is 573 g/mol. The van der Waals surface area contributed by atoms with Gasteiger partial charge in [0.1, 0.15) is 11.5 Å². The van der Waals surface area contributed by atoms with Crippen LogP contribution in [0.5, 0.6) is 11.5 Å². The molecule has 0 saturated carbocycles. The molecule has 3 rings (SSSR count). The predicted molar refractivity (Wildman–Crippen MR) is 157 cm³/mol. The highest BCUT2D eigenvalue weighted by atomic mass is 32.2. The van der Waals surface area contributed by atoms with Gasteiger partial charge < -0.3 is 9.47 Å². The molecular weight excluding hydrogens is 528 g/mol. The Morgan fingerprint density at radius 1 is 1.05 bits per heavy atom. The molecule has 0 radical (unpaired) electrons. The summed E-state index contributed by atoms with van der Waals surface area (Å²) in [6.07, 6.45) is 5.74. The molecule has 0 spiro atoms. The first-order valence-electron chi connectivity index (χ1n) is 14.3. The van der Waals surface area contributed by atoms with Crippen molar-refractivity contribution in [3.05, 3.63) is 58.7 Å². The molecule has 8 nitrogen and oxygen atoms in total. The highest BCUT2D eigenvalue weighted by Gasteiger charge is 2.45. The summed E-state index contributed by atoms with van der Waals surface area (Å²) >= 11 is 0. The molecule has 1 aliphatic heterocycles. The lowest BCUT2D eigenvalue weighted by atomic mass is 9.85. The number of hydrogen-bond acceptors (Lipinski definition) is 7. The number of hydrogen-bond donors (Lipinski definition) is 0. The van der Waals surface area contributed by atoms with Crippen LogP contribution >= 0.6 is 0 Å². The first-order chi connectivity index (χ1) is 19.0.